The van der Waals surface area contributed by atoms with Crippen LogP contribution in [-0.2, 0) is 14.3 Å². The van der Waals surface area contributed by atoms with E-state index in [-0.39, 0.29) is 11.8 Å². The maximum absolute atomic E-state index is 11.7. The molecule has 0 aromatic rings. The van der Waals surface area contributed by atoms with Crippen LogP contribution in [0.2, 0.25) is 0 Å². The smallest absolute Gasteiger partial charge is 0.326 e. The number of carbonyl (C=O) groups excluding carboxylic acids is 1. The second-order valence-electron chi connectivity index (χ2n) is 3.74. The van der Waals surface area contributed by atoms with Gasteiger partial charge in [-0.25, -0.2) is 4.79 Å². The van der Waals surface area contributed by atoms with Crippen LogP contribution in [0, 0.1) is 5.92 Å². The van der Waals surface area contributed by atoms with Gasteiger partial charge in [-0.3, -0.25) is 4.79 Å². The topological polar surface area (TPSA) is 75.6 Å². The van der Waals surface area contributed by atoms with Crippen molar-refractivity contribution in [2.24, 2.45) is 5.92 Å². The molecule has 0 bridgehead atoms. The van der Waals surface area contributed by atoms with Crippen LogP contribution in [0.15, 0.2) is 0 Å². The summed E-state index contributed by atoms with van der Waals surface area (Å²) in [5.41, 5.74) is 0. The van der Waals surface area contributed by atoms with Gasteiger partial charge >= 0.3 is 5.97 Å². The third kappa shape index (κ3) is 4.02. The maximum atomic E-state index is 11.7. The van der Waals surface area contributed by atoms with Crippen LogP contribution in [0.25, 0.3) is 0 Å². The van der Waals surface area contributed by atoms with Crippen molar-refractivity contribution in [1.29, 1.82) is 0 Å². The van der Waals surface area contributed by atoms with Gasteiger partial charge in [0.2, 0.25) is 5.91 Å². The van der Waals surface area contributed by atoms with E-state index in [4.69, 9.17) is 9.84 Å². The highest BCUT2D eigenvalue weighted by molar-refractivity contribution is 7.98. The molecule has 1 fully saturated rings. The minimum atomic E-state index is -0.971. The van der Waals surface area contributed by atoms with E-state index < -0.39 is 12.0 Å². The number of aliphatic carboxylic acids is 1. The quantitative estimate of drug-likeness (QED) is 0.708. The van der Waals surface area contributed by atoms with E-state index in [1.54, 1.807) is 11.8 Å². The molecule has 6 heteroatoms. The monoisotopic (exact) mass is 247 g/mol. The average molecular weight is 247 g/mol. The molecule has 2 unspecified atom stereocenters. The number of amides is 1. The molecule has 0 spiro atoms. The van der Waals surface area contributed by atoms with Gasteiger partial charge in [-0.1, -0.05) is 0 Å². The summed E-state index contributed by atoms with van der Waals surface area (Å²) in [6.07, 6.45) is 3.04. The number of hydrogen-bond acceptors (Lipinski definition) is 4. The van der Waals surface area contributed by atoms with Gasteiger partial charge in [-0.15, -0.1) is 0 Å². The molecule has 1 amide bonds. The SMILES string of the molecule is CSCCC(NC(=O)C1CCOC1)C(=O)O. The third-order valence-corrected chi connectivity index (χ3v) is 3.17. The van der Waals surface area contributed by atoms with Crippen LogP contribution in [-0.4, -0.2) is 48.2 Å². The Kier molecular flexibility index (Phi) is 5.62. The number of rotatable bonds is 6. The predicted molar refractivity (Wildman–Crippen MR) is 61.5 cm³/mol. The van der Waals surface area contributed by atoms with Gasteiger partial charge in [0.1, 0.15) is 6.04 Å². The maximum Gasteiger partial charge on any atom is 0.326 e. The van der Waals surface area contributed by atoms with Gasteiger partial charge in [0.05, 0.1) is 12.5 Å². The zero-order valence-corrected chi connectivity index (χ0v) is 10.1. The van der Waals surface area contributed by atoms with E-state index in [1.807, 2.05) is 6.26 Å². The van der Waals surface area contributed by atoms with Crippen molar-refractivity contribution in [2.75, 3.05) is 25.2 Å². The van der Waals surface area contributed by atoms with Gasteiger partial charge < -0.3 is 15.2 Å². The Balaban J connectivity index is 2.40. The molecular weight excluding hydrogens is 230 g/mol. The molecule has 1 saturated heterocycles. The highest BCUT2D eigenvalue weighted by Gasteiger charge is 2.27. The van der Waals surface area contributed by atoms with Crippen LogP contribution in [0.1, 0.15) is 12.8 Å². The predicted octanol–water partition coefficient (Wildman–Crippen LogP) is 0.345. The molecular formula is C10H17NO4S. The lowest BCUT2D eigenvalue weighted by molar-refractivity contribution is -0.142. The molecule has 16 heavy (non-hydrogen) atoms. The van der Waals surface area contributed by atoms with Crippen molar-refractivity contribution < 1.29 is 19.4 Å². The van der Waals surface area contributed by atoms with E-state index >= 15 is 0 Å². The summed E-state index contributed by atoms with van der Waals surface area (Å²) in [7, 11) is 0. The molecule has 0 radical (unpaired) electrons. The fourth-order valence-corrected chi connectivity index (χ4v) is 2.00. The van der Waals surface area contributed by atoms with E-state index in [1.165, 1.54) is 0 Å². The highest BCUT2D eigenvalue weighted by atomic mass is 32.2. The Morgan fingerprint density at radius 3 is 2.88 bits per heavy atom. The average Bonchev–Trinajstić information content (AvgIpc) is 2.76. The lowest BCUT2D eigenvalue weighted by Gasteiger charge is -2.16. The lowest BCUT2D eigenvalue weighted by Crippen LogP contribution is -2.44. The lowest BCUT2D eigenvalue weighted by atomic mass is 10.1. The van der Waals surface area contributed by atoms with Crippen LogP contribution in [0.5, 0.6) is 0 Å². The molecule has 1 heterocycles. The Hall–Kier alpha value is -0.750. The number of nitrogens with one attached hydrogen (secondary N) is 1. The first kappa shape index (κ1) is 13.3. The highest BCUT2D eigenvalue weighted by Crippen LogP contribution is 2.13. The molecule has 1 aliphatic rings. The summed E-state index contributed by atoms with van der Waals surface area (Å²) in [6, 6.07) is -0.777. The van der Waals surface area contributed by atoms with E-state index in [0.717, 1.165) is 5.75 Å². The number of hydrogen-bond donors (Lipinski definition) is 2. The van der Waals surface area contributed by atoms with Crippen LogP contribution in [0.4, 0.5) is 0 Å². The van der Waals surface area contributed by atoms with E-state index in [2.05, 4.69) is 5.32 Å². The van der Waals surface area contributed by atoms with Crippen LogP contribution in [0.3, 0.4) is 0 Å². The summed E-state index contributed by atoms with van der Waals surface area (Å²) in [5.74, 6) is -0.637. The second-order valence-corrected chi connectivity index (χ2v) is 4.73. The Morgan fingerprint density at radius 2 is 2.38 bits per heavy atom. The fraction of sp³-hybridized carbons (Fsp3) is 0.800. The first-order chi connectivity index (χ1) is 7.65. The summed E-state index contributed by atoms with van der Waals surface area (Å²) >= 11 is 1.57. The number of ether oxygens (including phenoxy) is 1. The van der Waals surface area contributed by atoms with Crippen molar-refractivity contribution in [3.05, 3.63) is 0 Å². The van der Waals surface area contributed by atoms with Crippen LogP contribution >= 0.6 is 11.8 Å². The zero-order valence-electron chi connectivity index (χ0n) is 9.27. The van der Waals surface area contributed by atoms with E-state index in [9.17, 15) is 9.59 Å². The van der Waals surface area contributed by atoms with Gasteiger partial charge in [-0.2, -0.15) is 11.8 Å². The largest absolute Gasteiger partial charge is 0.480 e. The Bertz CT molecular complexity index is 253. The molecule has 1 aliphatic heterocycles. The fourth-order valence-electron chi connectivity index (χ4n) is 1.52. The van der Waals surface area contributed by atoms with Crippen molar-refractivity contribution in [2.45, 2.75) is 18.9 Å². The van der Waals surface area contributed by atoms with Crippen molar-refractivity contribution >= 4 is 23.6 Å². The molecule has 1 rings (SSSR count). The molecule has 2 N–H and O–H groups in total. The van der Waals surface area contributed by atoms with Gasteiger partial charge in [-0.05, 0) is 24.9 Å². The van der Waals surface area contributed by atoms with E-state index in [0.29, 0.717) is 26.1 Å². The summed E-state index contributed by atoms with van der Waals surface area (Å²) in [5, 5.41) is 11.5. The van der Waals surface area contributed by atoms with Crippen LogP contribution < -0.4 is 5.32 Å². The first-order valence-corrected chi connectivity index (χ1v) is 6.64. The minimum Gasteiger partial charge on any atom is -0.480 e. The molecule has 5 nitrogen and oxygen atoms in total. The van der Waals surface area contributed by atoms with Gasteiger partial charge in [0, 0.05) is 6.61 Å². The minimum absolute atomic E-state index is 0.184. The van der Waals surface area contributed by atoms with Gasteiger partial charge in [0.25, 0.3) is 0 Å². The first-order valence-electron chi connectivity index (χ1n) is 5.25. The molecule has 0 saturated carbocycles. The second kappa shape index (κ2) is 6.75. The zero-order chi connectivity index (χ0) is 12.0. The summed E-state index contributed by atoms with van der Waals surface area (Å²) < 4.78 is 5.09. The summed E-state index contributed by atoms with van der Waals surface area (Å²) in [4.78, 5) is 22.6. The number of carbonyl (C=O) groups is 2. The number of carboxylic acids is 1. The van der Waals surface area contributed by atoms with Crippen molar-refractivity contribution in [3.8, 4) is 0 Å². The molecule has 92 valence electrons. The molecule has 2 atom stereocenters. The molecule has 0 aromatic carbocycles. The number of carboxylic acid groups (broad SMARTS) is 1. The number of thioether (sulfide) groups is 1. The normalized spacial score (nSPS) is 21.7. The molecule has 0 aliphatic carbocycles. The Labute approximate surface area is 98.9 Å². The Morgan fingerprint density at radius 1 is 1.62 bits per heavy atom. The third-order valence-electron chi connectivity index (χ3n) is 2.53. The standard InChI is InChI=1S/C10H17NO4S/c1-16-5-3-8(10(13)14)11-9(12)7-2-4-15-6-7/h7-8H,2-6H2,1H3,(H,11,12)(H,13,14). The van der Waals surface area contributed by atoms with Crippen molar-refractivity contribution in [1.82, 2.24) is 5.32 Å². The molecule has 0 aromatic heterocycles. The summed E-state index contributed by atoms with van der Waals surface area (Å²) in [6.45, 7) is 0.987. The van der Waals surface area contributed by atoms with Crippen molar-refractivity contribution in [3.63, 3.8) is 0 Å². The van der Waals surface area contributed by atoms with Gasteiger partial charge in [0.15, 0.2) is 0 Å².